The van der Waals surface area contributed by atoms with E-state index in [-0.39, 0.29) is 5.91 Å². The summed E-state index contributed by atoms with van der Waals surface area (Å²) < 4.78 is 1.16. The van der Waals surface area contributed by atoms with Gasteiger partial charge in [0.05, 0.1) is 0 Å². The first-order valence-electron chi connectivity index (χ1n) is 6.29. The van der Waals surface area contributed by atoms with Crippen molar-refractivity contribution in [3.05, 3.63) is 46.5 Å². The number of nitrogens with zero attached hydrogens (tertiary/aromatic N) is 1. The van der Waals surface area contributed by atoms with Crippen LogP contribution in [0.15, 0.2) is 35.3 Å². The largest absolute Gasteiger partial charge is 0.339 e. The highest BCUT2D eigenvalue weighted by Gasteiger charge is 2.22. The molecule has 96 valence electrons. The number of piperidine rings is 1. The number of carbonyl (C=O) groups excluding carboxylic acids is 1. The molecule has 2 nitrogen and oxygen atoms in total. The fourth-order valence-corrected chi connectivity index (χ4v) is 2.73. The molecule has 0 aliphatic carbocycles. The first-order valence-corrected chi connectivity index (χ1v) is 7.08. The quantitative estimate of drug-likeness (QED) is 0.764. The highest BCUT2D eigenvalue weighted by molar-refractivity contribution is 9.10. The van der Waals surface area contributed by atoms with Gasteiger partial charge in [0.15, 0.2) is 0 Å². The summed E-state index contributed by atoms with van der Waals surface area (Å²) in [5.74, 6) is 0.631. The van der Waals surface area contributed by atoms with E-state index in [1.807, 2.05) is 4.90 Å². The van der Waals surface area contributed by atoms with Crippen molar-refractivity contribution in [2.24, 2.45) is 0 Å². The van der Waals surface area contributed by atoms with E-state index in [4.69, 9.17) is 0 Å². The minimum atomic E-state index is 0.0560. The van der Waals surface area contributed by atoms with Gasteiger partial charge in [0.1, 0.15) is 0 Å². The first kappa shape index (κ1) is 13.3. The molecule has 1 heterocycles. The minimum Gasteiger partial charge on any atom is -0.339 e. The summed E-state index contributed by atoms with van der Waals surface area (Å²) in [5, 5.41) is 0. The summed E-state index contributed by atoms with van der Waals surface area (Å²) in [5.41, 5.74) is 2.67. The smallest absolute Gasteiger partial charge is 0.245 e. The van der Waals surface area contributed by atoms with Crippen molar-refractivity contribution < 1.29 is 4.79 Å². The lowest BCUT2D eigenvalue weighted by Gasteiger charge is -2.31. The second-order valence-electron chi connectivity index (χ2n) is 4.81. The molecule has 0 bridgehead atoms. The number of likely N-dealkylation sites (tertiary alicyclic amines) is 1. The monoisotopic (exact) mass is 307 g/mol. The molecule has 1 aromatic rings. The predicted octanol–water partition coefficient (Wildman–Crippen LogP) is 3.65. The van der Waals surface area contributed by atoms with Crippen LogP contribution < -0.4 is 0 Å². The van der Waals surface area contributed by atoms with Gasteiger partial charge in [0.25, 0.3) is 0 Å². The van der Waals surface area contributed by atoms with E-state index in [2.05, 4.69) is 47.6 Å². The maximum atomic E-state index is 11.5. The third-order valence-electron chi connectivity index (χ3n) is 3.63. The third-order valence-corrected chi connectivity index (χ3v) is 4.52. The highest BCUT2D eigenvalue weighted by Crippen LogP contribution is 2.30. The van der Waals surface area contributed by atoms with E-state index < -0.39 is 0 Å². The molecule has 0 saturated carbocycles. The van der Waals surface area contributed by atoms with Crippen LogP contribution in [-0.4, -0.2) is 23.9 Å². The van der Waals surface area contributed by atoms with Gasteiger partial charge >= 0.3 is 0 Å². The van der Waals surface area contributed by atoms with E-state index in [0.29, 0.717) is 5.92 Å². The number of amides is 1. The molecule has 18 heavy (non-hydrogen) atoms. The molecule has 1 saturated heterocycles. The van der Waals surface area contributed by atoms with Crippen molar-refractivity contribution in [2.45, 2.75) is 25.7 Å². The average molecular weight is 308 g/mol. The maximum absolute atomic E-state index is 11.5. The molecule has 1 amide bonds. The number of benzene rings is 1. The Hall–Kier alpha value is -1.09. The molecule has 3 heteroatoms. The van der Waals surface area contributed by atoms with Crippen LogP contribution >= 0.6 is 15.9 Å². The maximum Gasteiger partial charge on any atom is 0.245 e. The Bertz CT molecular complexity index is 462. The lowest BCUT2D eigenvalue weighted by Crippen LogP contribution is -2.36. The molecule has 1 aliphatic heterocycles. The number of rotatable bonds is 2. The molecular weight excluding hydrogens is 290 g/mol. The Morgan fingerprint density at radius 3 is 2.67 bits per heavy atom. The molecular formula is C15H18BrNO. The Kier molecular flexibility index (Phi) is 4.23. The van der Waals surface area contributed by atoms with Gasteiger partial charge in [-0.1, -0.05) is 34.6 Å². The van der Waals surface area contributed by atoms with Gasteiger partial charge in [-0.25, -0.2) is 0 Å². The van der Waals surface area contributed by atoms with E-state index >= 15 is 0 Å². The molecule has 1 aliphatic rings. The van der Waals surface area contributed by atoms with Gasteiger partial charge in [0, 0.05) is 17.6 Å². The van der Waals surface area contributed by atoms with Gasteiger partial charge < -0.3 is 4.90 Å². The predicted molar refractivity (Wildman–Crippen MR) is 77.6 cm³/mol. The second kappa shape index (κ2) is 5.70. The molecule has 0 radical (unpaired) electrons. The Morgan fingerprint density at radius 1 is 1.44 bits per heavy atom. The summed E-state index contributed by atoms with van der Waals surface area (Å²) >= 11 is 3.53. The van der Waals surface area contributed by atoms with E-state index in [1.54, 1.807) is 0 Å². The number of carbonyl (C=O) groups is 1. The van der Waals surface area contributed by atoms with Crippen molar-refractivity contribution >= 4 is 21.8 Å². The standard InChI is InChI=1S/C15H18BrNO/c1-3-15(18)17-8-6-12(7-9-17)13-4-5-14(16)11(2)10-13/h3-5,10,12H,1,6-9H2,2H3. The zero-order valence-corrected chi connectivity index (χ0v) is 12.2. The van der Waals surface area contributed by atoms with Gasteiger partial charge in [-0.15, -0.1) is 0 Å². The lowest BCUT2D eigenvalue weighted by molar-refractivity contribution is -0.127. The van der Waals surface area contributed by atoms with Crippen LogP contribution in [0.1, 0.15) is 29.9 Å². The summed E-state index contributed by atoms with van der Waals surface area (Å²) in [6, 6.07) is 6.55. The van der Waals surface area contributed by atoms with Gasteiger partial charge in [-0.3, -0.25) is 4.79 Å². The lowest BCUT2D eigenvalue weighted by atomic mass is 9.88. The summed E-state index contributed by atoms with van der Waals surface area (Å²) in [6.07, 6.45) is 3.49. The summed E-state index contributed by atoms with van der Waals surface area (Å²) in [6.45, 7) is 7.33. The normalized spacial score (nSPS) is 16.7. The molecule has 1 aromatic carbocycles. The van der Waals surface area contributed by atoms with Gasteiger partial charge in [0.2, 0.25) is 5.91 Å². The summed E-state index contributed by atoms with van der Waals surface area (Å²) in [7, 11) is 0. The minimum absolute atomic E-state index is 0.0560. The Balaban J connectivity index is 2.03. The number of hydrogen-bond acceptors (Lipinski definition) is 1. The molecule has 2 rings (SSSR count). The second-order valence-corrected chi connectivity index (χ2v) is 5.67. The molecule has 0 spiro atoms. The first-order chi connectivity index (χ1) is 8.61. The zero-order valence-electron chi connectivity index (χ0n) is 10.7. The highest BCUT2D eigenvalue weighted by atomic mass is 79.9. The van der Waals surface area contributed by atoms with Crippen LogP contribution in [0.3, 0.4) is 0 Å². The van der Waals surface area contributed by atoms with Crippen LogP contribution in [0.4, 0.5) is 0 Å². The SMILES string of the molecule is C=CC(=O)N1CCC(c2ccc(Br)c(C)c2)CC1. The van der Waals surface area contributed by atoms with E-state index in [9.17, 15) is 4.79 Å². The fraction of sp³-hybridized carbons (Fsp3) is 0.400. The Labute approximate surface area is 117 Å². The molecule has 0 aromatic heterocycles. The molecule has 1 fully saturated rings. The van der Waals surface area contributed by atoms with Crippen LogP contribution in [0.5, 0.6) is 0 Å². The Morgan fingerprint density at radius 2 is 2.11 bits per heavy atom. The van der Waals surface area contributed by atoms with Crippen molar-refractivity contribution in [3.8, 4) is 0 Å². The van der Waals surface area contributed by atoms with Crippen molar-refractivity contribution in [3.63, 3.8) is 0 Å². The van der Waals surface area contributed by atoms with Crippen LogP contribution in [0.2, 0.25) is 0 Å². The van der Waals surface area contributed by atoms with Crippen LogP contribution in [0, 0.1) is 6.92 Å². The topological polar surface area (TPSA) is 20.3 Å². The third kappa shape index (κ3) is 2.83. The zero-order chi connectivity index (χ0) is 13.1. The van der Waals surface area contributed by atoms with Gasteiger partial charge in [-0.2, -0.15) is 0 Å². The van der Waals surface area contributed by atoms with Crippen LogP contribution in [0.25, 0.3) is 0 Å². The van der Waals surface area contributed by atoms with Crippen molar-refractivity contribution in [2.75, 3.05) is 13.1 Å². The fourth-order valence-electron chi connectivity index (χ4n) is 2.48. The van der Waals surface area contributed by atoms with E-state index in [0.717, 1.165) is 30.4 Å². The van der Waals surface area contributed by atoms with Crippen molar-refractivity contribution in [1.82, 2.24) is 4.90 Å². The summed E-state index contributed by atoms with van der Waals surface area (Å²) in [4.78, 5) is 13.4. The van der Waals surface area contributed by atoms with Crippen LogP contribution in [-0.2, 0) is 4.79 Å². The van der Waals surface area contributed by atoms with Gasteiger partial charge in [-0.05, 0) is 49.0 Å². The van der Waals surface area contributed by atoms with Crippen molar-refractivity contribution in [1.29, 1.82) is 0 Å². The number of halogens is 1. The molecule has 0 atom stereocenters. The number of hydrogen-bond donors (Lipinski definition) is 0. The molecule has 0 unspecified atom stereocenters. The van der Waals surface area contributed by atoms with E-state index in [1.165, 1.54) is 17.2 Å². The average Bonchev–Trinajstić information content (AvgIpc) is 2.41. The molecule has 0 N–H and O–H groups in total. The number of aryl methyl sites for hydroxylation is 1.